The number of nitrogens with one attached hydrogen (secondary N) is 1. The summed E-state index contributed by atoms with van der Waals surface area (Å²) in [7, 11) is 1.75. The maximum Gasteiger partial charge on any atom is 0.334 e. The molecule has 0 bridgehead atoms. The Labute approximate surface area is 191 Å². The van der Waals surface area contributed by atoms with E-state index < -0.39 is 12.2 Å². The summed E-state index contributed by atoms with van der Waals surface area (Å²) in [6, 6.07) is 8.93. The molecule has 2 saturated heterocycles. The summed E-state index contributed by atoms with van der Waals surface area (Å²) in [5.74, 6) is 0.609. The first-order valence-corrected chi connectivity index (χ1v) is 11.6. The first kappa shape index (κ1) is 24.0. The van der Waals surface area contributed by atoms with Gasteiger partial charge in [-0.15, -0.1) is 0 Å². The second kappa shape index (κ2) is 10.3. The number of amides is 4. The molecule has 1 N–H and O–H groups in total. The molecule has 2 aliphatic rings. The number of rotatable bonds is 7. The molecule has 2 fully saturated rings. The van der Waals surface area contributed by atoms with Crippen LogP contribution in [0.5, 0.6) is 0 Å². The average molecular weight is 444 g/mol. The fraction of sp³-hybridized carbons (Fsp3) is 0.625. The van der Waals surface area contributed by atoms with Crippen LogP contribution in [0.15, 0.2) is 30.3 Å². The summed E-state index contributed by atoms with van der Waals surface area (Å²) in [5, 5.41) is 6.27. The molecule has 32 heavy (non-hydrogen) atoms. The Bertz CT molecular complexity index is 813. The Morgan fingerprint density at radius 2 is 1.78 bits per heavy atom. The molecule has 3 rings (SSSR count). The Balaban J connectivity index is 1.85. The van der Waals surface area contributed by atoms with Crippen LogP contribution in [-0.4, -0.2) is 76.6 Å². The number of carbonyl (C=O) groups is 3. The van der Waals surface area contributed by atoms with Gasteiger partial charge in [0.25, 0.3) is 0 Å². The van der Waals surface area contributed by atoms with Gasteiger partial charge >= 0.3 is 6.03 Å². The maximum absolute atomic E-state index is 13.3. The molecule has 2 aliphatic heterocycles. The van der Waals surface area contributed by atoms with Crippen molar-refractivity contribution in [3.8, 4) is 0 Å². The molecule has 8 heteroatoms. The minimum Gasteiger partial charge on any atom is -0.337 e. The molecule has 2 atom stereocenters. The first-order chi connectivity index (χ1) is 15.2. The minimum absolute atomic E-state index is 0.00172. The van der Waals surface area contributed by atoms with E-state index in [1.54, 1.807) is 22.0 Å². The van der Waals surface area contributed by atoms with Gasteiger partial charge < -0.3 is 15.1 Å². The van der Waals surface area contributed by atoms with Gasteiger partial charge in [0.2, 0.25) is 11.8 Å². The highest BCUT2D eigenvalue weighted by Crippen LogP contribution is 2.29. The van der Waals surface area contributed by atoms with E-state index in [1.807, 2.05) is 35.2 Å². The Kier molecular flexibility index (Phi) is 7.77. The van der Waals surface area contributed by atoms with Gasteiger partial charge in [-0.3, -0.25) is 9.59 Å². The molecule has 176 valence electrons. The number of nitrogens with zero attached hydrogens (tertiary/aromatic N) is 4. The monoisotopic (exact) mass is 443 g/mol. The van der Waals surface area contributed by atoms with Gasteiger partial charge in [-0.05, 0) is 30.2 Å². The lowest BCUT2D eigenvalue weighted by Gasteiger charge is -2.54. The normalized spacial score (nSPS) is 22.0. The van der Waals surface area contributed by atoms with Crippen molar-refractivity contribution in [1.82, 2.24) is 25.1 Å². The molecule has 0 unspecified atom stereocenters. The summed E-state index contributed by atoms with van der Waals surface area (Å²) in [6.07, 6.45) is 0.963. The van der Waals surface area contributed by atoms with E-state index in [2.05, 4.69) is 33.0 Å². The Hall–Kier alpha value is -2.61. The Morgan fingerprint density at radius 1 is 1.09 bits per heavy atom. The highest BCUT2D eigenvalue weighted by Gasteiger charge is 2.50. The molecule has 2 heterocycles. The SMILES string of the molecule is CC(C)CCN1C[C@H]2N(C(=O)CN(C)N2C(=O)NCc2ccccc2)[C@@H](CC(C)C)C1=O. The highest BCUT2D eigenvalue weighted by molar-refractivity contribution is 5.91. The lowest BCUT2D eigenvalue weighted by Crippen LogP contribution is -2.76. The fourth-order valence-electron chi connectivity index (χ4n) is 4.45. The van der Waals surface area contributed by atoms with Crippen molar-refractivity contribution in [2.75, 3.05) is 26.7 Å². The molecular weight excluding hydrogens is 406 g/mol. The van der Waals surface area contributed by atoms with Crippen LogP contribution >= 0.6 is 0 Å². The number of urea groups is 1. The van der Waals surface area contributed by atoms with E-state index in [9.17, 15) is 14.4 Å². The standard InChI is InChI=1S/C24H37N5O3/c1-17(2)11-12-27-15-21-28(20(23(27)31)13-18(3)4)22(30)16-26(5)29(21)24(32)25-14-19-9-7-6-8-10-19/h6-10,17-18,20-21H,11-16H2,1-5H3,(H,25,32)/t20-,21-/m0/s1. The minimum atomic E-state index is -0.536. The quantitative estimate of drug-likeness (QED) is 0.703. The van der Waals surface area contributed by atoms with Crippen LogP contribution in [0, 0.1) is 11.8 Å². The van der Waals surface area contributed by atoms with Crippen molar-refractivity contribution >= 4 is 17.8 Å². The third kappa shape index (κ3) is 5.41. The number of hydrazine groups is 1. The van der Waals surface area contributed by atoms with Crippen LogP contribution in [0.4, 0.5) is 4.79 Å². The second-order valence-electron chi connectivity index (χ2n) is 9.70. The predicted molar refractivity (Wildman–Crippen MR) is 123 cm³/mol. The van der Waals surface area contributed by atoms with E-state index in [-0.39, 0.29) is 30.3 Å². The number of hydrogen-bond donors (Lipinski definition) is 1. The van der Waals surface area contributed by atoms with Gasteiger partial charge in [0.1, 0.15) is 12.2 Å². The van der Waals surface area contributed by atoms with Crippen molar-refractivity contribution in [1.29, 1.82) is 0 Å². The zero-order chi connectivity index (χ0) is 23.4. The van der Waals surface area contributed by atoms with E-state index in [4.69, 9.17) is 0 Å². The smallest absolute Gasteiger partial charge is 0.334 e. The van der Waals surface area contributed by atoms with Crippen molar-refractivity contribution in [2.45, 2.75) is 59.3 Å². The predicted octanol–water partition coefficient (Wildman–Crippen LogP) is 2.52. The second-order valence-corrected chi connectivity index (χ2v) is 9.70. The number of likely N-dealkylation sites (N-methyl/N-ethyl adjacent to an activating group) is 1. The summed E-state index contributed by atoms with van der Waals surface area (Å²) in [5.41, 5.74) is 1.00. The molecule has 4 amide bonds. The van der Waals surface area contributed by atoms with E-state index in [1.165, 1.54) is 0 Å². The van der Waals surface area contributed by atoms with Gasteiger partial charge in [0.15, 0.2) is 0 Å². The van der Waals surface area contributed by atoms with Crippen LogP contribution in [0.2, 0.25) is 0 Å². The van der Waals surface area contributed by atoms with Crippen LogP contribution in [0.25, 0.3) is 0 Å². The van der Waals surface area contributed by atoms with Crippen molar-refractivity contribution < 1.29 is 14.4 Å². The lowest BCUT2D eigenvalue weighted by atomic mass is 9.96. The summed E-state index contributed by atoms with van der Waals surface area (Å²) in [4.78, 5) is 43.2. The fourth-order valence-corrected chi connectivity index (χ4v) is 4.45. The van der Waals surface area contributed by atoms with Crippen molar-refractivity contribution in [2.24, 2.45) is 11.8 Å². The molecule has 0 aromatic heterocycles. The van der Waals surface area contributed by atoms with Gasteiger partial charge in [-0.2, -0.15) is 0 Å². The van der Waals surface area contributed by atoms with E-state index in [0.717, 1.165) is 12.0 Å². The number of hydrogen-bond acceptors (Lipinski definition) is 4. The number of fused-ring (bicyclic) bond motifs is 1. The lowest BCUT2D eigenvalue weighted by molar-refractivity contribution is -0.188. The van der Waals surface area contributed by atoms with Crippen LogP contribution in [0.3, 0.4) is 0 Å². The summed E-state index contributed by atoms with van der Waals surface area (Å²) < 4.78 is 0. The van der Waals surface area contributed by atoms with Gasteiger partial charge in [0, 0.05) is 20.1 Å². The molecule has 0 aliphatic carbocycles. The molecule has 0 saturated carbocycles. The zero-order valence-corrected chi connectivity index (χ0v) is 20.0. The number of carbonyl (C=O) groups excluding carboxylic acids is 3. The third-order valence-electron chi connectivity index (χ3n) is 6.11. The largest absolute Gasteiger partial charge is 0.337 e. The van der Waals surface area contributed by atoms with Crippen molar-refractivity contribution in [3.05, 3.63) is 35.9 Å². The van der Waals surface area contributed by atoms with Crippen LogP contribution < -0.4 is 5.32 Å². The van der Waals surface area contributed by atoms with Gasteiger partial charge in [0.05, 0.1) is 13.1 Å². The van der Waals surface area contributed by atoms with Crippen LogP contribution in [-0.2, 0) is 16.1 Å². The van der Waals surface area contributed by atoms with E-state index >= 15 is 0 Å². The summed E-state index contributed by atoms with van der Waals surface area (Å²) >= 11 is 0. The Morgan fingerprint density at radius 3 is 2.41 bits per heavy atom. The average Bonchev–Trinajstić information content (AvgIpc) is 2.73. The molecule has 1 aromatic rings. The number of benzene rings is 1. The zero-order valence-electron chi connectivity index (χ0n) is 20.0. The molecular formula is C24H37N5O3. The molecule has 0 spiro atoms. The topological polar surface area (TPSA) is 76.2 Å². The molecule has 0 radical (unpaired) electrons. The first-order valence-electron chi connectivity index (χ1n) is 11.6. The highest BCUT2D eigenvalue weighted by atomic mass is 16.2. The van der Waals surface area contributed by atoms with E-state index in [0.29, 0.717) is 32.0 Å². The molecule has 1 aromatic carbocycles. The third-order valence-corrected chi connectivity index (χ3v) is 6.11. The van der Waals surface area contributed by atoms with Crippen LogP contribution in [0.1, 0.15) is 46.1 Å². The van der Waals surface area contributed by atoms with Crippen molar-refractivity contribution in [3.63, 3.8) is 0 Å². The number of piperazine rings is 1. The van der Waals surface area contributed by atoms with Gasteiger partial charge in [-0.1, -0.05) is 58.0 Å². The molecule has 8 nitrogen and oxygen atoms in total. The summed E-state index contributed by atoms with van der Waals surface area (Å²) in [6.45, 7) is 9.81. The van der Waals surface area contributed by atoms with Gasteiger partial charge in [-0.25, -0.2) is 14.8 Å². The maximum atomic E-state index is 13.3.